The Morgan fingerprint density at radius 2 is 1.97 bits per heavy atom. The molecule has 1 atom stereocenters. The minimum atomic E-state index is -0.921. The van der Waals surface area contributed by atoms with E-state index in [0.29, 0.717) is 28.6 Å². The van der Waals surface area contributed by atoms with Crippen LogP contribution in [0.2, 0.25) is 5.02 Å². The van der Waals surface area contributed by atoms with Crippen molar-refractivity contribution < 1.29 is 23.9 Å². The van der Waals surface area contributed by atoms with E-state index in [0.717, 1.165) is 19.4 Å². The molecule has 32 heavy (non-hydrogen) atoms. The van der Waals surface area contributed by atoms with Gasteiger partial charge in [0, 0.05) is 23.9 Å². The first-order valence-electron chi connectivity index (χ1n) is 10.0. The largest absolute Gasteiger partial charge is 0.484 e. The van der Waals surface area contributed by atoms with Crippen LogP contribution in [0, 0.1) is 0 Å². The summed E-state index contributed by atoms with van der Waals surface area (Å²) < 4.78 is 10.9. The Morgan fingerprint density at radius 3 is 2.69 bits per heavy atom. The number of amides is 3. The van der Waals surface area contributed by atoms with E-state index in [4.69, 9.17) is 21.1 Å². The Morgan fingerprint density at radius 1 is 1.16 bits per heavy atom. The zero-order chi connectivity index (χ0) is 22.8. The molecule has 0 spiro atoms. The van der Waals surface area contributed by atoms with Gasteiger partial charge in [0.15, 0.2) is 6.61 Å². The Bertz CT molecular complexity index is 975. The summed E-state index contributed by atoms with van der Waals surface area (Å²) in [6.45, 7) is 1.13. The number of carbonyl (C=O) groups excluding carboxylic acids is 3. The summed E-state index contributed by atoms with van der Waals surface area (Å²) >= 11 is 5.84. The Balaban J connectivity index is 1.38. The van der Waals surface area contributed by atoms with E-state index in [-0.39, 0.29) is 18.6 Å². The first-order chi connectivity index (χ1) is 15.5. The molecule has 0 bridgehead atoms. The molecule has 1 fully saturated rings. The molecular formula is C22H23ClN4O5. The number of hydrazone groups is 1. The second kappa shape index (κ2) is 11.8. The predicted octanol–water partition coefficient (Wildman–Crippen LogP) is 2.10. The van der Waals surface area contributed by atoms with Gasteiger partial charge in [-0.05, 0) is 60.9 Å². The maximum Gasteiger partial charge on any atom is 0.329 e. The summed E-state index contributed by atoms with van der Waals surface area (Å²) in [5.74, 6) is -1.50. The Labute approximate surface area is 190 Å². The molecule has 9 nitrogen and oxygen atoms in total. The average molecular weight is 459 g/mol. The van der Waals surface area contributed by atoms with Gasteiger partial charge in [0.1, 0.15) is 5.75 Å². The van der Waals surface area contributed by atoms with Gasteiger partial charge in [0.05, 0.1) is 12.3 Å². The summed E-state index contributed by atoms with van der Waals surface area (Å²) in [5.41, 5.74) is 3.21. The van der Waals surface area contributed by atoms with Crippen LogP contribution in [-0.2, 0) is 19.1 Å². The Kier molecular flexibility index (Phi) is 8.59. The molecule has 10 heteroatoms. The molecule has 2 aromatic rings. The van der Waals surface area contributed by atoms with Crippen molar-refractivity contribution in [3.63, 3.8) is 0 Å². The fraction of sp³-hybridized carbons (Fsp3) is 0.273. The minimum absolute atomic E-state index is 0.0842. The molecule has 1 saturated heterocycles. The molecule has 168 valence electrons. The van der Waals surface area contributed by atoms with Crippen LogP contribution in [-0.4, -0.2) is 49.8 Å². The molecule has 0 aromatic heterocycles. The van der Waals surface area contributed by atoms with Crippen LogP contribution >= 0.6 is 11.6 Å². The molecular weight excluding hydrogens is 436 g/mol. The molecule has 3 N–H and O–H groups in total. The number of nitrogens with one attached hydrogen (secondary N) is 3. The van der Waals surface area contributed by atoms with E-state index in [1.807, 2.05) is 0 Å². The van der Waals surface area contributed by atoms with Gasteiger partial charge >= 0.3 is 11.8 Å². The highest BCUT2D eigenvalue weighted by Gasteiger charge is 2.16. The summed E-state index contributed by atoms with van der Waals surface area (Å²) in [4.78, 5) is 35.5. The van der Waals surface area contributed by atoms with E-state index in [2.05, 4.69) is 21.2 Å². The standard InChI is InChI=1S/C22H23ClN4O5/c23-16-3-1-4-17(11-16)26-21(29)22(30)27-25-12-15-6-8-18(9-7-15)32-14-20(28)24-13-19-5-2-10-31-19/h1,3-4,6-9,11-12,19H,2,5,10,13-14H2,(H,24,28)(H,26,29)(H,27,30)/b25-12-/t19-/m0/s1. The third-order valence-corrected chi connectivity index (χ3v) is 4.70. The van der Waals surface area contributed by atoms with Gasteiger partial charge in [-0.15, -0.1) is 0 Å². The number of halogens is 1. The van der Waals surface area contributed by atoms with Crippen molar-refractivity contribution in [3.8, 4) is 5.75 Å². The number of benzene rings is 2. The van der Waals surface area contributed by atoms with Crippen LogP contribution in [0.4, 0.5) is 5.69 Å². The predicted molar refractivity (Wildman–Crippen MR) is 120 cm³/mol. The lowest BCUT2D eigenvalue weighted by atomic mass is 10.2. The fourth-order valence-electron chi connectivity index (χ4n) is 2.85. The third kappa shape index (κ3) is 7.68. The van der Waals surface area contributed by atoms with Crippen LogP contribution in [0.5, 0.6) is 5.75 Å². The summed E-state index contributed by atoms with van der Waals surface area (Å²) in [6.07, 6.45) is 3.44. The molecule has 3 rings (SSSR count). The number of rotatable bonds is 8. The highest BCUT2D eigenvalue weighted by molar-refractivity contribution is 6.39. The van der Waals surface area contributed by atoms with Gasteiger partial charge in [0.25, 0.3) is 5.91 Å². The maximum atomic E-state index is 11.9. The van der Waals surface area contributed by atoms with Crippen LogP contribution in [0.15, 0.2) is 53.6 Å². The molecule has 2 aromatic carbocycles. The van der Waals surface area contributed by atoms with Crippen LogP contribution in [0.25, 0.3) is 0 Å². The number of hydrogen-bond donors (Lipinski definition) is 3. The average Bonchev–Trinajstić information content (AvgIpc) is 3.31. The van der Waals surface area contributed by atoms with Gasteiger partial charge < -0.3 is 20.1 Å². The number of hydrogen-bond acceptors (Lipinski definition) is 6. The fourth-order valence-corrected chi connectivity index (χ4v) is 3.04. The lowest BCUT2D eigenvalue weighted by molar-refractivity contribution is -0.136. The molecule has 0 aliphatic carbocycles. The van der Waals surface area contributed by atoms with E-state index in [1.54, 1.807) is 42.5 Å². The molecule has 0 unspecified atom stereocenters. The first kappa shape index (κ1) is 23.2. The molecule has 1 aliphatic rings. The summed E-state index contributed by atoms with van der Waals surface area (Å²) in [7, 11) is 0. The number of ether oxygens (including phenoxy) is 2. The van der Waals surface area contributed by atoms with Crippen molar-refractivity contribution in [2.24, 2.45) is 5.10 Å². The van der Waals surface area contributed by atoms with E-state index >= 15 is 0 Å². The van der Waals surface area contributed by atoms with E-state index < -0.39 is 11.8 Å². The van der Waals surface area contributed by atoms with Crippen molar-refractivity contribution in [1.82, 2.24) is 10.7 Å². The lowest BCUT2D eigenvalue weighted by Gasteiger charge is -2.11. The van der Waals surface area contributed by atoms with E-state index in [9.17, 15) is 14.4 Å². The van der Waals surface area contributed by atoms with Crippen molar-refractivity contribution in [2.45, 2.75) is 18.9 Å². The zero-order valence-corrected chi connectivity index (χ0v) is 17.9. The van der Waals surface area contributed by atoms with E-state index in [1.165, 1.54) is 12.3 Å². The maximum absolute atomic E-state index is 11.9. The van der Waals surface area contributed by atoms with Crippen LogP contribution in [0.1, 0.15) is 18.4 Å². The van der Waals surface area contributed by atoms with Crippen molar-refractivity contribution in [1.29, 1.82) is 0 Å². The molecule has 1 aliphatic heterocycles. The lowest BCUT2D eigenvalue weighted by Crippen LogP contribution is -2.35. The van der Waals surface area contributed by atoms with Gasteiger partial charge in [-0.3, -0.25) is 14.4 Å². The van der Waals surface area contributed by atoms with Crippen molar-refractivity contribution in [3.05, 3.63) is 59.1 Å². The van der Waals surface area contributed by atoms with Crippen LogP contribution < -0.4 is 20.8 Å². The highest BCUT2D eigenvalue weighted by atomic mass is 35.5. The van der Waals surface area contributed by atoms with Gasteiger partial charge in [-0.25, -0.2) is 5.43 Å². The molecule has 1 heterocycles. The number of carbonyl (C=O) groups is 3. The van der Waals surface area contributed by atoms with Gasteiger partial charge in [-0.1, -0.05) is 17.7 Å². The monoisotopic (exact) mass is 458 g/mol. The number of anilines is 1. The SMILES string of the molecule is O=C(COc1ccc(/C=N\NC(=O)C(=O)Nc2cccc(Cl)c2)cc1)NC[C@@H]1CCCO1. The van der Waals surface area contributed by atoms with Gasteiger partial charge in [0.2, 0.25) is 0 Å². The quantitative estimate of drug-likeness (QED) is 0.318. The van der Waals surface area contributed by atoms with Crippen LogP contribution in [0.3, 0.4) is 0 Å². The normalized spacial score (nSPS) is 15.3. The second-order valence-electron chi connectivity index (χ2n) is 6.96. The smallest absolute Gasteiger partial charge is 0.329 e. The Hall–Kier alpha value is -3.43. The minimum Gasteiger partial charge on any atom is -0.484 e. The topological polar surface area (TPSA) is 118 Å². The summed E-state index contributed by atoms with van der Waals surface area (Å²) in [5, 5.41) is 9.40. The summed E-state index contributed by atoms with van der Waals surface area (Å²) in [6, 6.07) is 13.2. The second-order valence-corrected chi connectivity index (χ2v) is 7.40. The number of nitrogens with zero attached hydrogens (tertiary/aromatic N) is 1. The zero-order valence-electron chi connectivity index (χ0n) is 17.2. The molecule has 0 saturated carbocycles. The third-order valence-electron chi connectivity index (χ3n) is 4.47. The first-order valence-corrected chi connectivity index (χ1v) is 10.4. The van der Waals surface area contributed by atoms with Gasteiger partial charge in [-0.2, -0.15) is 5.10 Å². The van der Waals surface area contributed by atoms with Crippen molar-refractivity contribution >= 4 is 41.2 Å². The molecule has 0 radical (unpaired) electrons. The van der Waals surface area contributed by atoms with Crippen molar-refractivity contribution in [2.75, 3.05) is 25.1 Å². The molecule has 3 amide bonds. The highest BCUT2D eigenvalue weighted by Crippen LogP contribution is 2.15.